The van der Waals surface area contributed by atoms with Crippen molar-refractivity contribution in [3.8, 4) is 11.5 Å². The summed E-state index contributed by atoms with van der Waals surface area (Å²) in [5.41, 5.74) is 0.949. The molecule has 0 bridgehead atoms. The zero-order valence-corrected chi connectivity index (χ0v) is 13.3. The average molecular weight is 297 g/mol. The Kier molecular flexibility index (Phi) is 6.95. The van der Waals surface area contributed by atoms with Gasteiger partial charge in [0.1, 0.15) is 12.7 Å². The van der Waals surface area contributed by atoms with Crippen molar-refractivity contribution < 1.29 is 19.7 Å². The van der Waals surface area contributed by atoms with Gasteiger partial charge < -0.3 is 25.0 Å². The summed E-state index contributed by atoms with van der Waals surface area (Å²) >= 11 is 0. The molecule has 1 atom stereocenters. The molecule has 0 spiro atoms. The van der Waals surface area contributed by atoms with Crippen LogP contribution in [-0.2, 0) is 6.54 Å². The highest BCUT2D eigenvalue weighted by molar-refractivity contribution is 5.46. The van der Waals surface area contributed by atoms with Crippen LogP contribution in [0.2, 0.25) is 0 Å². The summed E-state index contributed by atoms with van der Waals surface area (Å²) in [4.78, 5) is 0. The van der Waals surface area contributed by atoms with Crippen molar-refractivity contribution in [2.75, 3.05) is 19.8 Å². The second-order valence-electron chi connectivity index (χ2n) is 5.93. The first kappa shape index (κ1) is 17.8. The lowest BCUT2D eigenvalue weighted by atomic mass is 10.1. The maximum Gasteiger partial charge on any atom is 0.165 e. The van der Waals surface area contributed by atoms with Crippen molar-refractivity contribution in [2.24, 2.45) is 0 Å². The predicted molar refractivity (Wildman–Crippen MR) is 82.8 cm³/mol. The smallest absolute Gasteiger partial charge is 0.165 e. The molecule has 0 fully saturated rings. The van der Waals surface area contributed by atoms with Gasteiger partial charge in [0.25, 0.3) is 0 Å². The van der Waals surface area contributed by atoms with Gasteiger partial charge in [0.15, 0.2) is 11.5 Å². The van der Waals surface area contributed by atoms with Crippen LogP contribution in [0.3, 0.4) is 0 Å². The highest BCUT2D eigenvalue weighted by Crippen LogP contribution is 2.31. The van der Waals surface area contributed by atoms with Gasteiger partial charge >= 0.3 is 0 Å². The third-order valence-corrected chi connectivity index (χ3v) is 2.80. The molecular formula is C16H27NO4. The average Bonchev–Trinajstić information content (AvgIpc) is 2.43. The van der Waals surface area contributed by atoms with Gasteiger partial charge in [-0.25, -0.2) is 0 Å². The molecule has 0 aliphatic carbocycles. The highest BCUT2D eigenvalue weighted by atomic mass is 16.5. The fourth-order valence-electron chi connectivity index (χ4n) is 1.73. The van der Waals surface area contributed by atoms with Crippen LogP contribution in [0.15, 0.2) is 18.2 Å². The number of hydrogen-bond donors (Lipinski definition) is 3. The van der Waals surface area contributed by atoms with Crippen LogP contribution >= 0.6 is 0 Å². The van der Waals surface area contributed by atoms with Gasteiger partial charge in [0, 0.05) is 17.6 Å². The number of rotatable bonds is 8. The number of aliphatic hydroxyl groups is 2. The summed E-state index contributed by atoms with van der Waals surface area (Å²) in [5, 5.41) is 21.8. The molecule has 1 aromatic carbocycles. The van der Waals surface area contributed by atoms with Gasteiger partial charge in [0.2, 0.25) is 0 Å². The molecule has 0 radical (unpaired) electrons. The quantitative estimate of drug-likeness (QED) is 0.681. The fourth-order valence-corrected chi connectivity index (χ4v) is 1.73. The summed E-state index contributed by atoms with van der Waals surface area (Å²) in [5.74, 6) is 1.26. The molecular weight excluding hydrogens is 270 g/mol. The Balaban J connectivity index is 2.91. The van der Waals surface area contributed by atoms with Crippen LogP contribution in [0.5, 0.6) is 11.5 Å². The van der Waals surface area contributed by atoms with Gasteiger partial charge in [-0.05, 0) is 33.8 Å². The zero-order chi connectivity index (χ0) is 15.9. The van der Waals surface area contributed by atoms with Crippen LogP contribution in [0.1, 0.15) is 33.3 Å². The van der Waals surface area contributed by atoms with Crippen LogP contribution in [0.4, 0.5) is 0 Å². The second-order valence-corrected chi connectivity index (χ2v) is 5.93. The number of para-hydroxylation sites is 1. The molecule has 21 heavy (non-hydrogen) atoms. The van der Waals surface area contributed by atoms with Crippen molar-refractivity contribution in [3.63, 3.8) is 0 Å². The molecule has 1 unspecified atom stereocenters. The standard InChI is InChI=1S/C16H27NO4/c1-5-20-14-8-6-7-12(9-17-16(2,3)4)15(14)21-11-13(19)10-18/h6-8,13,17-19H,5,9-11H2,1-4H3. The van der Waals surface area contributed by atoms with Crippen molar-refractivity contribution in [3.05, 3.63) is 23.8 Å². The van der Waals surface area contributed by atoms with E-state index in [1.807, 2.05) is 25.1 Å². The minimum Gasteiger partial charge on any atom is -0.490 e. The molecule has 3 N–H and O–H groups in total. The van der Waals surface area contributed by atoms with E-state index >= 15 is 0 Å². The van der Waals surface area contributed by atoms with Gasteiger partial charge in [-0.15, -0.1) is 0 Å². The lowest BCUT2D eigenvalue weighted by Crippen LogP contribution is -2.35. The van der Waals surface area contributed by atoms with Crippen molar-refractivity contribution >= 4 is 0 Å². The molecule has 5 heteroatoms. The lowest BCUT2D eigenvalue weighted by molar-refractivity contribution is 0.0521. The van der Waals surface area contributed by atoms with Crippen molar-refractivity contribution in [1.29, 1.82) is 0 Å². The number of aliphatic hydroxyl groups excluding tert-OH is 2. The van der Waals surface area contributed by atoms with Crippen molar-refractivity contribution in [1.82, 2.24) is 5.32 Å². The van der Waals surface area contributed by atoms with Gasteiger partial charge in [-0.3, -0.25) is 0 Å². The Bertz CT molecular complexity index is 429. The highest BCUT2D eigenvalue weighted by Gasteiger charge is 2.15. The normalized spacial score (nSPS) is 13.0. The molecule has 1 aromatic rings. The van der Waals surface area contributed by atoms with Gasteiger partial charge in [-0.2, -0.15) is 0 Å². The maximum atomic E-state index is 9.46. The van der Waals surface area contributed by atoms with Crippen LogP contribution in [0.25, 0.3) is 0 Å². The Hall–Kier alpha value is -1.30. The van der Waals surface area contributed by atoms with Crippen molar-refractivity contribution in [2.45, 2.75) is 45.9 Å². The largest absolute Gasteiger partial charge is 0.490 e. The molecule has 0 heterocycles. The molecule has 0 aliphatic rings. The van der Waals surface area contributed by atoms with Crippen LogP contribution in [-0.4, -0.2) is 41.7 Å². The summed E-state index contributed by atoms with van der Waals surface area (Å²) in [6.45, 7) is 9.06. The van der Waals surface area contributed by atoms with Gasteiger partial charge in [0.05, 0.1) is 13.2 Å². The van der Waals surface area contributed by atoms with E-state index in [1.54, 1.807) is 0 Å². The summed E-state index contributed by atoms with van der Waals surface area (Å²) in [7, 11) is 0. The molecule has 0 aliphatic heterocycles. The third kappa shape index (κ3) is 6.33. The fraction of sp³-hybridized carbons (Fsp3) is 0.625. The number of ether oxygens (including phenoxy) is 2. The Morgan fingerprint density at radius 3 is 2.52 bits per heavy atom. The van der Waals surface area contributed by atoms with E-state index in [4.69, 9.17) is 14.6 Å². The molecule has 0 saturated heterocycles. The van der Waals surface area contributed by atoms with E-state index in [2.05, 4.69) is 26.1 Å². The third-order valence-electron chi connectivity index (χ3n) is 2.80. The summed E-state index contributed by atoms with van der Waals surface area (Å²) in [6, 6.07) is 5.71. The van der Waals surface area contributed by atoms with E-state index in [9.17, 15) is 5.11 Å². The van der Waals surface area contributed by atoms with Crippen LogP contribution in [0, 0.1) is 0 Å². The molecule has 120 valence electrons. The van der Waals surface area contributed by atoms with E-state index in [-0.39, 0.29) is 18.8 Å². The zero-order valence-electron chi connectivity index (χ0n) is 13.3. The first-order valence-electron chi connectivity index (χ1n) is 7.28. The van der Waals surface area contributed by atoms with E-state index in [1.165, 1.54) is 0 Å². The minimum absolute atomic E-state index is 0.0104. The SMILES string of the molecule is CCOc1cccc(CNC(C)(C)C)c1OCC(O)CO. The molecule has 0 amide bonds. The minimum atomic E-state index is -0.900. The molecule has 0 saturated carbocycles. The first-order valence-corrected chi connectivity index (χ1v) is 7.28. The Morgan fingerprint density at radius 2 is 1.95 bits per heavy atom. The lowest BCUT2D eigenvalue weighted by Gasteiger charge is -2.23. The second kappa shape index (κ2) is 8.22. The monoisotopic (exact) mass is 297 g/mol. The first-order chi connectivity index (χ1) is 9.87. The van der Waals surface area contributed by atoms with E-state index in [0.29, 0.717) is 24.7 Å². The number of benzene rings is 1. The molecule has 0 aromatic heterocycles. The topological polar surface area (TPSA) is 71.0 Å². The van der Waals surface area contributed by atoms with Crippen LogP contribution < -0.4 is 14.8 Å². The molecule has 5 nitrogen and oxygen atoms in total. The Morgan fingerprint density at radius 1 is 1.24 bits per heavy atom. The Labute approximate surface area is 126 Å². The number of hydrogen-bond acceptors (Lipinski definition) is 5. The summed E-state index contributed by atoms with van der Waals surface area (Å²) in [6.07, 6.45) is -0.900. The maximum absolute atomic E-state index is 9.46. The number of nitrogens with one attached hydrogen (secondary N) is 1. The van der Waals surface area contributed by atoms with E-state index < -0.39 is 6.10 Å². The van der Waals surface area contributed by atoms with E-state index in [0.717, 1.165) is 5.56 Å². The molecule has 1 rings (SSSR count). The summed E-state index contributed by atoms with van der Waals surface area (Å²) < 4.78 is 11.2. The predicted octanol–water partition coefficient (Wildman–Crippen LogP) is 1.71. The van der Waals surface area contributed by atoms with Gasteiger partial charge in [-0.1, -0.05) is 12.1 Å².